The molecule has 0 aliphatic carbocycles. The van der Waals surface area contributed by atoms with Crippen molar-refractivity contribution in [2.24, 2.45) is 7.05 Å². The van der Waals surface area contributed by atoms with Crippen LogP contribution in [0.3, 0.4) is 0 Å². The first-order valence-electron chi connectivity index (χ1n) is 7.65. The van der Waals surface area contributed by atoms with Crippen molar-refractivity contribution in [3.8, 4) is 5.75 Å². The fourth-order valence-corrected chi connectivity index (χ4v) is 3.05. The quantitative estimate of drug-likeness (QED) is 0.873. The zero-order valence-corrected chi connectivity index (χ0v) is 15.0. The van der Waals surface area contributed by atoms with Gasteiger partial charge in [-0.05, 0) is 18.2 Å². The van der Waals surface area contributed by atoms with Gasteiger partial charge < -0.3 is 14.6 Å². The van der Waals surface area contributed by atoms with Crippen LogP contribution in [0.1, 0.15) is 11.9 Å². The number of halogens is 3. The van der Waals surface area contributed by atoms with E-state index in [4.69, 9.17) is 16.3 Å². The Labute approximate surface area is 152 Å². The van der Waals surface area contributed by atoms with Crippen LogP contribution >= 0.6 is 24.0 Å². The van der Waals surface area contributed by atoms with E-state index in [0.29, 0.717) is 17.4 Å². The van der Waals surface area contributed by atoms with Crippen LogP contribution in [0.2, 0.25) is 5.02 Å². The van der Waals surface area contributed by atoms with Crippen LogP contribution in [0, 0.1) is 5.82 Å². The Bertz CT molecular complexity index is 667. The highest BCUT2D eigenvalue weighted by Crippen LogP contribution is 2.25. The number of rotatable bonds is 5. The Morgan fingerprint density at radius 3 is 3.00 bits per heavy atom. The van der Waals surface area contributed by atoms with Crippen molar-refractivity contribution in [3.05, 3.63) is 47.3 Å². The van der Waals surface area contributed by atoms with Crippen LogP contribution in [0.15, 0.2) is 30.6 Å². The molecular formula is C16H21Cl2FN4O. The number of ether oxygens (including phenoxy) is 1. The number of aromatic nitrogens is 2. The maximum atomic E-state index is 13.0. The van der Waals surface area contributed by atoms with Crippen LogP contribution in [-0.4, -0.2) is 47.2 Å². The van der Waals surface area contributed by atoms with Crippen LogP contribution in [0.4, 0.5) is 4.39 Å². The molecule has 1 fully saturated rings. The van der Waals surface area contributed by atoms with Gasteiger partial charge in [-0.2, -0.15) is 0 Å². The summed E-state index contributed by atoms with van der Waals surface area (Å²) >= 11 is 5.98. The molecule has 1 aromatic heterocycles. The number of nitrogens with zero attached hydrogens (tertiary/aromatic N) is 3. The van der Waals surface area contributed by atoms with Crippen molar-refractivity contribution in [2.45, 2.75) is 6.04 Å². The van der Waals surface area contributed by atoms with Gasteiger partial charge in [0.2, 0.25) is 0 Å². The van der Waals surface area contributed by atoms with Gasteiger partial charge in [0, 0.05) is 45.6 Å². The summed E-state index contributed by atoms with van der Waals surface area (Å²) in [5.74, 6) is 1.19. The average molecular weight is 375 g/mol. The summed E-state index contributed by atoms with van der Waals surface area (Å²) < 4.78 is 20.8. The molecule has 0 spiro atoms. The molecule has 132 valence electrons. The Morgan fingerprint density at radius 1 is 1.46 bits per heavy atom. The largest absolute Gasteiger partial charge is 0.491 e. The molecule has 0 radical (unpaired) electrons. The predicted molar refractivity (Wildman–Crippen MR) is 94.5 cm³/mol. The third kappa shape index (κ3) is 4.39. The molecule has 2 heterocycles. The van der Waals surface area contributed by atoms with E-state index in [1.54, 1.807) is 6.07 Å². The molecular weight excluding hydrogens is 354 g/mol. The number of hydrogen-bond donors (Lipinski definition) is 1. The Hall–Kier alpha value is -1.34. The van der Waals surface area contributed by atoms with Gasteiger partial charge in [0.05, 0.1) is 11.1 Å². The number of aryl methyl sites for hydroxylation is 1. The number of nitrogens with one attached hydrogen (secondary N) is 1. The lowest BCUT2D eigenvalue weighted by Gasteiger charge is -2.35. The first kappa shape index (κ1) is 19.0. The van der Waals surface area contributed by atoms with E-state index in [1.807, 2.05) is 24.0 Å². The zero-order chi connectivity index (χ0) is 16.2. The summed E-state index contributed by atoms with van der Waals surface area (Å²) in [6, 6.07) is 4.39. The molecule has 0 saturated carbocycles. The molecule has 1 N–H and O–H groups in total. The van der Waals surface area contributed by atoms with Crippen molar-refractivity contribution < 1.29 is 9.13 Å². The van der Waals surface area contributed by atoms with Crippen LogP contribution in [0.25, 0.3) is 0 Å². The fraction of sp³-hybridized carbons (Fsp3) is 0.438. The zero-order valence-electron chi connectivity index (χ0n) is 13.4. The highest BCUT2D eigenvalue weighted by atomic mass is 35.5. The molecule has 1 unspecified atom stereocenters. The summed E-state index contributed by atoms with van der Waals surface area (Å²) in [5.41, 5.74) is 0. The Balaban J connectivity index is 0.00000208. The molecule has 1 saturated heterocycles. The molecule has 8 heteroatoms. The van der Waals surface area contributed by atoms with Crippen LogP contribution in [-0.2, 0) is 7.05 Å². The smallest absolute Gasteiger partial charge is 0.138 e. The minimum Gasteiger partial charge on any atom is -0.491 e. The maximum absolute atomic E-state index is 13.0. The summed E-state index contributed by atoms with van der Waals surface area (Å²) in [6.45, 7) is 3.98. The summed E-state index contributed by atoms with van der Waals surface area (Å²) in [5, 5.41) is 3.70. The molecule has 1 aromatic carbocycles. The van der Waals surface area contributed by atoms with Crippen molar-refractivity contribution in [2.75, 3.05) is 32.8 Å². The molecule has 1 atom stereocenters. The fourth-order valence-electron chi connectivity index (χ4n) is 2.83. The van der Waals surface area contributed by atoms with Crippen molar-refractivity contribution in [1.82, 2.24) is 19.8 Å². The van der Waals surface area contributed by atoms with Crippen LogP contribution < -0.4 is 10.1 Å². The molecule has 3 rings (SSSR count). The van der Waals surface area contributed by atoms with Gasteiger partial charge in [-0.3, -0.25) is 4.90 Å². The third-order valence-corrected chi connectivity index (χ3v) is 4.34. The molecule has 1 aliphatic rings. The summed E-state index contributed by atoms with van der Waals surface area (Å²) in [6.07, 6.45) is 3.77. The van der Waals surface area contributed by atoms with Gasteiger partial charge in [-0.15, -0.1) is 12.4 Å². The molecule has 0 amide bonds. The first-order chi connectivity index (χ1) is 11.1. The maximum Gasteiger partial charge on any atom is 0.138 e. The van der Waals surface area contributed by atoms with Gasteiger partial charge in [0.15, 0.2) is 0 Å². The summed E-state index contributed by atoms with van der Waals surface area (Å²) in [7, 11) is 2.00. The monoisotopic (exact) mass is 374 g/mol. The van der Waals surface area contributed by atoms with Crippen LogP contribution in [0.5, 0.6) is 5.75 Å². The lowest BCUT2D eigenvalue weighted by Crippen LogP contribution is -2.48. The SMILES string of the molecule is Cl.Cn1ccnc1C1CNCCN1CCOc1ccc(F)cc1Cl. The van der Waals surface area contributed by atoms with Crippen molar-refractivity contribution >= 4 is 24.0 Å². The molecule has 0 bridgehead atoms. The minimum atomic E-state index is -0.362. The van der Waals surface area contributed by atoms with E-state index in [1.165, 1.54) is 12.1 Å². The molecule has 5 nitrogen and oxygen atoms in total. The topological polar surface area (TPSA) is 42.3 Å². The lowest BCUT2D eigenvalue weighted by atomic mass is 10.2. The first-order valence-corrected chi connectivity index (χ1v) is 8.03. The van der Waals surface area contributed by atoms with E-state index in [-0.39, 0.29) is 24.3 Å². The number of piperazine rings is 1. The number of imidazole rings is 1. The van der Waals surface area contributed by atoms with Gasteiger partial charge in [-0.1, -0.05) is 11.6 Å². The number of benzene rings is 1. The van der Waals surface area contributed by atoms with Crippen molar-refractivity contribution in [3.63, 3.8) is 0 Å². The second kappa shape index (κ2) is 8.67. The van der Waals surface area contributed by atoms with E-state index >= 15 is 0 Å². The highest BCUT2D eigenvalue weighted by molar-refractivity contribution is 6.32. The van der Waals surface area contributed by atoms with Gasteiger partial charge in [0.1, 0.15) is 24.0 Å². The molecule has 2 aromatic rings. The normalized spacial score (nSPS) is 18.2. The average Bonchev–Trinajstić information content (AvgIpc) is 2.96. The molecule has 24 heavy (non-hydrogen) atoms. The molecule has 1 aliphatic heterocycles. The highest BCUT2D eigenvalue weighted by Gasteiger charge is 2.26. The third-order valence-electron chi connectivity index (χ3n) is 4.04. The lowest BCUT2D eigenvalue weighted by molar-refractivity contribution is 0.127. The van der Waals surface area contributed by atoms with Gasteiger partial charge in [0.25, 0.3) is 0 Å². The number of hydrogen-bond acceptors (Lipinski definition) is 4. The van der Waals surface area contributed by atoms with Gasteiger partial charge >= 0.3 is 0 Å². The van der Waals surface area contributed by atoms with E-state index in [0.717, 1.165) is 32.0 Å². The Morgan fingerprint density at radius 2 is 2.29 bits per heavy atom. The summed E-state index contributed by atoms with van der Waals surface area (Å²) in [4.78, 5) is 6.80. The van der Waals surface area contributed by atoms with Crippen molar-refractivity contribution in [1.29, 1.82) is 0 Å². The van der Waals surface area contributed by atoms with Gasteiger partial charge in [-0.25, -0.2) is 9.37 Å². The van der Waals surface area contributed by atoms with E-state index in [2.05, 4.69) is 15.2 Å². The second-order valence-corrected chi connectivity index (χ2v) is 5.98. The predicted octanol–water partition coefficient (Wildman–Crippen LogP) is 2.66. The van der Waals surface area contributed by atoms with E-state index in [9.17, 15) is 4.39 Å². The minimum absolute atomic E-state index is 0. The Kier molecular flexibility index (Phi) is 6.86. The van der Waals surface area contributed by atoms with E-state index < -0.39 is 0 Å². The second-order valence-electron chi connectivity index (χ2n) is 5.58. The standard InChI is InChI=1S/C16H20ClFN4O.ClH/c1-21-6-5-20-16(21)14-11-19-4-7-22(14)8-9-23-15-3-2-12(18)10-13(15)17;/h2-3,5-6,10,14,19H,4,7-9,11H2,1H3;1H.